The van der Waals surface area contributed by atoms with Gasteiger partial charge in [-0.2, -0.15) is 0 Å². The van der Waals surface area contributed by atoms with Crippen molar-refractivity contribution >= 4 is 62.3 Å². The lowest BCUT2D eigenvalue weighted by Crippen LogP contribution is -2.54. The number of benzene rings is 3. The van der Waals surface area contributed by atoms with E-state index in [4.69, 9.17) is 34.8 Å². The van der Waals surface area contributed by atoms with E-state index in [0.29, 0.717) is 22.0 Å². The van der Waals surface area contributed by atoms with Crippen molar-refractivity contribution in [1.29, 1.82) is 0 Å². The number of halogens is 3. The highest BCUT2D eigenvalue weighted by Crippen LogP contribution is 2.32. The van der Waals surface area contributed by atoms with Crippen molar-refractivity contribution in [3.05, 3.63) is 93.4 Å². The monoisotopic (exact) mass is 649 g/mol. The van der Waals surface area contributed by atoms with Crippen molar-refractivity contribution in [2.24, 2.45) is 0 Å². The summed E-state index contributed by atoms with van der Waals surface area (Å²) in [6, 6.07) is 18.4. The van der Waals surface area contributed by atoms with Crippen LogP contribution in [0.25, 0.3) is 0 Å². The van der Waals surface area contributed by atoms with Gasteiger partial charge in [-0.15, -0.1) is 0 Å². The van der Waals surface area contributed by atoms with Crippen LogP contribution in [0.1, 0.15) is 51.0 Å². The number of carbonyl (C=O) groups excluding carboxylic acids is 2. The second-order valence-corrected chi connectivity index (χ2v) is 13.3. The van der Waals surface area contributed by atoms with E-state index in [1.54, 1.807) is 60.7 Å². The minimum atomic E-state index is -4.22. The quantitative estimate of drug-likeness (QED) is 0.240. The van der Waals surface area contributed by atoms with Gasteiger partial charge in [-0.3, -0.25) is 13.9 Å². The minimum Gasteiger partial charge on any atom is -0.352 e. The van der Waals surface area contributed by atoms with Crippen LogP contribution in [0.15, 0.2) is 77.7 Å². The molecule has 7 nitrogen and oxygen atoms in total. The number of rotatable bonds is 11. The second kappa shape index (κ2) is 14.6. The molecule has 11 heteroatoms. The number of anilines is 1. The van der Waals surface area contributed by atoms with Gasteiger partial charge in [-0.05, 0) is 55.7 Å². The second-order valence-electron chi connectivity index (χ2n) is 10.3. The summed E-state index contributed by atoms with van der Waals surface area (Å²) in [6.07, 6.45) is 5.24. The molecule has 1 aliphatic rings. The molecule has 0 radical (unpaired) electrons. The van der Waals surface area contributed by atoms with Crippen molar-refractivity contribution in [1.82, 2.24) is 10.2 Å². The van der Waals surface area contributed by atoms with Gasteiger partial charge >= 0.3 is 0 Å². The maximum atomic E-state index is 14.3. The van der Waals surface area contributed by atoms with E-state index in [0.717, 1.165) is 36.4 Å². The lowest BCUT2D eigenvalue weighted by molar-refractivity contribution is -0.140. The first-order valence-electron chi connectivity index (χ1n) is 14.0. The molecule has 1 saturated carbocycles. The zero-order valence-electron chi connectivity index (χ0n) is 23.3. The maximum absolute atomic E-state index is 14.3. The molecule has 0 bridgehead atoms. The number of nitrogens with zero attached hydrogens (tertiary/aromatic N) is 2. The maximum Gasteiger partial charge on any atom is 0.264 e. The fraction of sp³-hybridized carbons (Fsp3) is 0.355. The average Bonchev–Trinajstić information content (AvgIpc) is 2.98. The first-order valence-corrected chi connectivity index (χ1v) is 16.6. The zero-order chi connectivity index (χ0) is 30.3. The fourth-order valence-electron chi connectivity index (χ4n) is 5.20. The van der Waals surface area contributed by atoms with Crippen LogP contribution in [0.4, 0.5) is 5.69 Å². The van der Waals surface area contributed by atoms with E-state index < -0.39 is 28.5 Å². The molecule has 1 atom stereocenters. The molecule has 0 saturated heterocycles. The fourth-order valence-corrected chi connectivity index (χ4v) is 7.46. The van der Waals surface area contributed by atoms with Crippen LogP contribution >= 0.6 is 34.8 Å². The third-order valence-electron chi connectivity index (χ3n) is 7.46. The Morgan fingerprint density at radius 1 is 0.857 bits per heavy atom. The van der Waals surface area contributed by atoms with Crippen LogP contribution in [0.2, 0.25) is 15.1 Å². The Labute approximate surface area is 262 Å². The summed E-state index contributed by atoms with van der Waals surface area (Å²) in [5.74, 6) is -0.896. The van der Waals surface area contributed by atoms with Crippen molar-refractivity contribution in [2.45, 2.75) is 69.0 Å². The number of hydrogen-bond donors (Lipinski definition) is 1. The number of amides is 2. The molecule has 3 aromatic carbocycles. The molecular weight excluding hydrogens is 617 g/mol. The number of sulfonamides is 1. The van der Waals surface area contributed by atoms with Crippen LogP contribution in [-0.2, 0) is 26.2 Å². The van der Waals surface area contributed by atoms with Gasteiger partial charge in [-0.25, -0.2) is 8.42 Å². The molecule has 0 aliphatic heterocycles. The third kappa shape index (κ3) is 7.59. The highest BCUT2D eigenvalue weighted by molar-refractivity contribution is 7.92. The van der Waals surface area contributed by atoms with E-state index >= 15 is 0 Å². The lowest BCUT2D eigenvalue weighted by Gasteiger charge is -2.35. The highest BCUT2D eigenvalue weighted by atomic mass is 35.5. The molecule has 0 aromatic heterocycles. The SMILES string of the molecule is CC[C@@H](C(=O)NC1CCCCC1)N(Cc1c(Cl)cccc1Cl)C(=O)CN(c1ccccc1Cl)S(=O)(=O)c1ccccc1. The Hall–Kier alpha value is -2.78. The molecular formula is C31H34Cl3N3O4S. The predicted molar refractivity (Wildman–Crippen MR) is 169 cm³/mol. The van der Waals surface area contributed by atoms with Crippen LogP contribution in [0, 0.1) is 0 Å². The average molecular weight is 651 g/mol. The van der Waals surface area contributed by atoms with E-state index in [1.165, 1.54) is 17.0 Å². The topological polar surface area (TPSA) is 86.8 Å². The molecule has 1 N–H and O–H groups in total. The summed E-state index contributed by atoms with van der Waals surface area (Å²) in [6.45, 7) is 1.12. The van der Waals surface area contributed by atoms with Gasteiger partial charge in [0.05, 0.1) is 15.6 Å². The number of nitrogens with one attached hydrogen (secondary N) is 1. The first kappa shape index (κ1) is 32.1. The Bertz CT molecular complexity index is 1480. The van der Waals surface area contributed by atoms with Gasteiger partial charge in [0.1, 0.15) is 12.6 Å². The summed E-state index contributed by atoms with van der Waals surface area (Å²) in [4.78, 5) is 29.3. The standard InChI is InChI=1S/C31H34Cl3N3O4S/c1-2-28(31(39)35-22-12-5-3-6-13-22)36(20-24-25(32)17-11-18-26(24)33)30(38)21-37(29-19-10-9-16-27(29)34)42(40,41)23-14-7-4-8-15-23/h4,7-11,14-19,22,28H,2-3,5-6,12-13,20-21H2,1H3,(H,35,39)/t28-/m0/s1. The largest absolute Gasteiger partial charge is 0.352 e. The molecule has 42 heavy (non-hydrogen) atoms. The minimum absolute atomic E-state index is 0.000464. The Morgan fingerprint density at radius 3 is 2.07 bits per heavy atom. The van der Waals surface area contributed by atoms with Gasteiger partial charge in [0.25, 0.3) is 10.0 Å². The third-order valence-corrected chi connectivity index (χ3v) is 10.3. The Balaban J connectivity index is 1.74. The van der Waals surface area contributed by atoms with E-state index in [-0.39, 0.29) is 34.1 Å². The summed E-state index contributed by atoms with van der Waals surface area (Å²) >= 11 is 19.4. The van der Waals surface area contributed by atoms with Gasteiger partial charge in [-0.1, -0.05) is 97.4 Å². The van der Waals surface area contributed by atoms with Crippen LogP contribution in [0.5, 0.6) is 0 Å². The first-order chi connectivity index (χ1) is 20.1. The van der Waals surface area contributed by atoms with E-state index in [9.17, 15) is 18.0 Å². The normalized spacial score (nSPS) is 14.7. The smallest absolute Gasteiger partial charge is 0.264 e. The van der Waals surface area contributed by atoms with Gasteiger partial charge in [0.2, 0.25) is 11.8 Å². The molecule has 224 valence electrons. The molecule has 1 fully saturated rings. The highest BCUT2D eigenvalue weighted by Gasteiger charge is 2.35. The summed E-state index contributed by atoms with van der Waals surface area (Å²) < 4.78 is 28.8. The van der Waals surface area contributed by atoms with Crippen LogP contribution < -0.4 is 9.62 Å². The Morgan fingerprint density at radius 2 is 1.45 bits per heavy atom. The molecule has 2 amide bonds. The van der Waals surface area contributed by atoms with Crippen molar-refractivity contribution in [2.75, 3.05) is 10.8 Å². The summed E-state index contributed by atoms with van der Waals surface area (Å²) in [5, 5.41) is 3.95. The lowest BCUT2D eigenvalue weighted by atomic mass is 9.95. The summed E-state index contributed by atoms with van der Waals surface area (Å²) in [7, 11) is -4.22. The van der Waals surface area contributed by atoms with Crippen LogP contribution in [0.3, 0.4) is 0 Å². The van der Waals surface area contributed by atoms with Crippen molar-refractivity contribution < 1.29 is 18.0 Å². The molecule has 0 heterocycles. The molecule has 4 rings (SSSR count). The van der Waals surface area contributed by atoms with E-state index in [2.05, 4.69) is 5.32 Å². The number of para-hydroxylation sites is 1. The molecule has 3 aromatic rings. The number of hydrogen-bond acceptors (Lipinski definition) is 4. The Kier molecular flexibility index (Phi) is 11.2. The van der Waals surface area contributed by atoms with Gasteiger partial charge < -0.3 is 10.2 Å². The predicted octanol–water partition coefficient (Wildman–Crippen LogP) is 7.10. The molecule has 1 aliphatic carbocycles. The van der Waals surface area contributed by atoms with E-state index in [1.807, 2.05) is 6.92 Å². The number of carbonyl (C=O) groups is 2. The van der Waals surface area contributed by atoms with Crippen LogP contribution in [-0.4, -0.2) is 43.8 Å². The van der Waals surface area contributed by atoms with Gasteiger partial charge in [0.15, 0.2) is 0 Å². The summed E-state index contributed by atoms with van der Waals surface area (Å²) in [5.41, 5.74) is 0.611. The molecule has 0 spiro atoms. The molecule has 0 unspecified atom stereocenters. The van der Waals surface area contributed by atoms with Crippen molar-refractivity contribution in [3.8, 4) is 0 Å². The van der Waals surface area contributed by atoms with Gasteiger partial charge in [0, 0.05) is 28.2 Å². The van der Waals surface area contributed by atoms with Crippen molar-refractivity contribution in [3.63, 3.8) is 0 Å². The zero-order valence-corrected chi connectivity index (χ0v) is 26.4.